The van der Waals surface area contributed by atoms with Gasteiger partial charge in [0.05, 0.1) is 0 Å². The smallest absolute Gasteiger partial charge is 0.153 e. The van der Waals surface area contributed by atoms with E-state index in [0.29, 0.717) is 0 Å². The lowest BCUT2D eigenvalue weighted by Gasteiger charge is -2.19. The maximum absolute atomic E-state index is 6.73. The van der Waals surface area contributed by atoms with Crippen LogP contribution in [0.5, 0.6) is 0 Å². The van der Waals surface area contributed by atoms with Crippen molar-refractivity contribution in [3.8, 4) is 0 Å². The lowest BCUT2D eigenvalue weighted by molar-refractivity contribution is 0.621. The van der Waals surface area contributed by atoms with Gasteiger partial charge < -0.3 is 0 Å². The van der Waals surface area contributed by atoms with E-state index < -0.39 is 7.38 Å². The molecule has 0 aliphatic carbocycles. The van der Waals surface area contributed by atoms with Gasteiger partial charge in [-0.1, -0.05) is 91.0 Å². The Kier molecular flexibility index (Phi) is 12.9. The zero-order valence-electron chi connectivity index (χ0n) is 13.1. The van der Waals surface area contributed by atoms with Gasteiger partial charge in [-0.3, -0.25) is 0 Å². The van der Waals surface area contributed by atoms with Gasteiger partial charge in [0.25, 0.3) is 0 Å². The summed E-state index contributed by atoms with van der Waals surface area (Å²) in [6, 6.07) is 2.68. The monoisotopic (exact) mass is 290 g/mol. The summed E-state index contributed by atoms with van der Waals surface area (Å²) in [5.74, 6) is 0. The average Bonchev–Trinajstić information content (AvgIpc) is 2.33. The minimum atomic E-state index is -1.36. The van der Waals surface area contributed by atoms with Crippen molar-refractivity contribution in [2.75, 3.05) is 0 Å². The summed E-state index contributed by atoms with van der Waals surface area (Å²) in [5.41, 5.74) is 0. The van der Waals surface area contributed by atoms with E-state index >= 15 is 0 Å². The molecule has 0 nitrogen and oxygen atoms in total. The number of hydrogen-bond donors (Lipinski definition) is 0. The summed E-state index contributed by atoms with van der Waals surface area (Å²) >= 11 is 6.73. The topological polar surface area (TPSA) is 0 Å². The molecule has 0 radical (unpaired) electrons. The second-order valence-electron chi connectivity index (χ2n) is 6.10. The van der Waals surface area contributed by atoms with Gasteiger partial charge in [-0.25, -0.2) is 0 Å². The Morgan fingerprint density at radius 2 is 0.944 bits per heavy atom. The Morgan fingerprint density at radius 1 is 0.611 bits per heavy atom. The van der Waals surface area contributed by atoms with E-state index in [4.69, 9.17) is 11.1 Å². The molecule has 0 saturated heterocycles. The fourth-order valence-corrected chi connectivity index (χ4v) is 5.52. The molecule has 0 aliphatic rings. The van der Waals surface area contributed by atoms with E-state index in [1.54, 1.807) is 0 Å². The molecule has 0 fully saturated rings. The maximum atomic E-state index is 6.73. The summed E-state index contributed by atoms with van der Waals surface area (Å²) in [6.45, 7) is 6.93. The summed E-state index contributed by atoms with van der Waals surface area (Å²) in [5, 5.41) is 0. The molecule has 0 aliphatic heterocycles. The normalized spacial score (nSPS) is 14.7. The van der Waals surface area contributed by atoms with Crippen LogP contribution in [-0.2, 0) is 0 Å². The zero-order valence-corrected chi connectivity index (χ0v) is 14.8. The van der Waals surface area contributed by atoms with Crippen LogP contribution in [0.1, 0.15) is 84.5 Å². The van der Waals surface area contributed by atoms with E-state index in [0.717, 1.165) is 0 Å². The zero-order chi connectivity index (χ0) is 13.7. The van der Waals surface area contributed by atoms with Gasteiger partial charge in [0, 0.05) is 0 Å². The average molecular weight is 291 g/mol. The van der Waals surface area contributed by atoms with Crippen LogP contribution in [0.3, 0.4) is 0 Å². The van der Waals surface area contributed by atoms with Crippen LogP contribution in [0.2, 0.25) is 18.6 Å². The van der Waals surface area contributed by atoms with Gasteiger partial charge in [-0.05, 0) is 12.1 Å². The molecule has 0 spiro atoms. The molecule has 18 heavy (non-hydrogen) atoms. The molecular formula is C16H35ClSi. The second kappa shape index (κ2) is 12.5. The first-order valence-corrected chi connectivity index (χ1v) is 12.2. The van der Waals surface area contributed by atoms with Gasteiger partial charge in [-0.15, -0.1) is 0 Å². The van der Waals surface area contributed by atoms with Crippen molar-refractivity contribution in [3.05, 3.63) is 0 Å². The third kappa shape index (κ3) is 13.0. The third-order valence-electron chi connectivity index (χ3n) is 3.85. The number of hydrogen-bond acceptors (Lipinski definition) is 0. The van der Waals surface area contributed by atoms with Crippen molar-refractivity contribution in [3.63, 3.8) is 0 Å². The van der Waals surface area contributed by atoms with Crippen molar-refractivity contribution in [2.24, 2.45) is 0 Å². The highest BCUT2D eigenvalue weighted by Crippen LogP contribution is 2.26. The van der Waals surface area contributed by atoms with Crippen LogP contribution < -0.4 is 0 Å². The van der Waals surface area contributed by atoms with Gasteiger partial charge in [0.1, 0.15) is 0 Å². The predicted octanol–water partition coefficient (Wildman–Crippen LogP) is 7.13. The fourth-order valence-electron chi connectivity index (χ4n) is 2.50. The molecule has 0 aromatic heterocycles. The fraction of sp³-hybridized carbons (Fsp3) is 1.00. The highest BCUT2D eigenvalue weighted by Gasteiger charge is 2.22. The molecule has 0 N–H and O–H groups in total. The summed E-state index contributed by atoms with van der Waals surface area (Å²) in [7, 11) is -1.36. The standard InChI is InChI=1S/C16H35ClSi/c1-4-6-8-10-12-14-16-18(3,17)15-13-11-9-7-5-2/h4-16H2,1-3H3. The first kappa shape index (κ1) is 18.5. The first-order valence-electron chi connectivity index (χ1n) is 8.31. The minimum absolute atomic E-state index is 1.34. The van der Waals surface area contributed by atoms with Crippen LogP contribution >= 0.6 is 11.1 Å². The number of unbranched alkanes of at least 4 members (excludes halogenated alkanes) is 9. The second-order valence-corrected chi connectivity index (χ2v) is 12.7. The van der Waals surface area contributed by atoms with Gasteiger partial charge in [-0.2, -0.15) is 11.1 Å². The Bertz CT molecular complexity index is 168. The highest BCUT2D eigenvalue weighted by molar-refractivity contribution is 7.19. The molecule has 0 heterocycles. The van der Waals surface area contributed by atoms with Crippen LogP contribution in [0.4, 0.5) is 0 Å². The van der Waals surface area contributed by atoms with Crippen LogP contribution in [-0.4, -0.2) is 7.38 Å². The van der Waals surface area contributed by atoms with Gasteiger partial charge >= 0.3 is 0 Å². The minimum Gasteiger partial charge on any atom is -0.167 e. The lowest BCUT2D eigenvalue weighted by Crippen LogP contribution is -2.21. The van der Waals surface area contributed by atoms with E-state index in [-0.39, 0.29) is 0 Å². The highest BCUT2D eigenvalue weighted by atomic mass is 35.6. The number of rotatable bonds is 13. The Labute approximate surface area is 122 Å². The number of halogens is 1. The van der Waals surface area contributed by atoms with E-state index in [1.165, 1.54) is 82.7 Å². The van der Waals surface area contributed by atoms with E-state index in [9.17, 15) is 0 Å². The third-order valence-corrected chi connectivity index (χ3v) is 7.78. The molecule has 1 atom stereocenters. The van der Waals surface area contributed by atoms with Crippen molar-refractivity contribution < 1.29 is 0 Å². The molecule has 0 aromatic rings. The quantitative estimate of drug-likeness (QED) is 0.192. The summed E-state index contributed by atoms with van der Waals surface area (Å²) in [4.78, 5) is 0. The van der Waals surface area contributed by atoms with Crippen molar-refractivity contribution in [1.29, 1.82) is 0 Å². The molecule has 0 saturated carbocycles. The predicted molar refractivity (Wildman–Crippen MR) is 89.2 cm³/mol. The summed E-state index contributed by atoms with van der Waals surface area (Å²) < 4.78 is 0. The van der Waals surface area contributed by atoms with Crippen molar-refractivity contribution in [1.82, 2.24) is 0 Å². The maximum Gasteiger partial charge on any atom is 0.153 e. The molecular weight excluding hydrogens is 256 g/mol. The Morgan fingerprint density at radius 3 is 1.33 bits per heavy atom. The van der Waals surface area contributed by atoms with E-state index in [2.05, 4.69) is 20.4 Å². The summed E-state index contributed by atoms with van der Waals surface area (Å²) in [6.07, 6.45) is 15.3. The Hall–Kier alpha value is 0.507. The first-order chi connectivity index (χ1) is 8.62. The molecule has 0 rings (SSSR count). The molecule has 0 amide bonds. The molecule has 0 aromatic carbocycles. The molecule has 2 heteroatoms. The van der Waals surface area contributed by atoms with Crippen LogP contribution in [0.15, 0.2) is 0 Å². The Balaban J connectivity index is 3.37. The molecule has 110 valence electrons. The van der Waals surface area contributed by atoms with E-state index in [1.807, 2.05) is 0 Å². The van der Waals surface area contributed by atoms with Crippen LogP contribution in [0.25, 0.3) is 0 Å². The molecule has 0 bridgehead atoms. The SMILES string of the molecule is CCCCCCCC[Si](C)(Cl)CCCCCCC. The van der Waals surface area contributed by atoms with Gasteiger partial charge in [0.2, 0.25) is 0 Å². The van der Waals surface area contributed by atoms with Crippen molar-refractivity contribution >= 4 is 18.5 Å². The molecule has 1 unspecified atom stereocenters. The lowest BCUT2D eigenvalue weighted by atomic mass is 10.1. The van der Waals surface area contributed by atoms with Gasteiger partial charge in [0.15, 0.2) is 7.38 Å². The van der Waals surface area contributed by atoms with Crippen LogP contribution in [0, 0.1) is 0 Å². The largest absolute Gasteiger partial charge is 0.167 e. The van der Waals surface area contributed by atoms with Crippen molar-refractivity contribution in [2.45, 2.75) is 103 Å².